The van der Waals surface area contributed by atoms with Crippen LogP contribution in [0.4, 0.5) is 0 Å². The van der Waals surface area contributed by atoms with Crippen LogP contribution in [-0.4, -0.2) is 35.2 Å². The lowest BCUT2D eigenvalue weighted by Crippen LogP contribution is -2.39. The summed E-state index contributed by atoms with van der Waals surface area (Å²) in [4.78, 5) is 12.3. The lowest BCUT2D eigenvalue weighted by atomic mass is 10.0. The zero-order valence-corrected chi connectivity index (χ0v) is 20.1. The highest BCUT2D eigenvalue weighted by atomic mass is 16.1. The molecule has 6 nitrogen and oxygen atoms in total. The molecule has 1 heterocycles. The van der Waals surface area contributed by atoms with Crippen LogP contribution in [0.2, 0.25) is 0 Å². The Morgan fingerprint density at radius 2 is 1.47 bits per heavy atom. The van der Waals surface area contributed by atoms with Crippen molar-refractivity contribution in [3.05, 3.63) is 101 Å². The van der Waals surface area contributed by atoms with Gasteiger partial charge < -0.3 is 19.8 Å². The van der Waals surface area contributed by atoms with Crippen LogP contribution in [0.1, 0.15) is 28.3 Å². The van der Waals surface area contributed by atoms with Gasteiger partial charge in [-0.25, -0.2) is 0 Å². The van der Waals surface area contributed by atoms with Crippen molar-refractivity contribution in [2.24, 2.45) is 0 Å². The number of amides is 1. The minimum Gasteiger partial charge on any atom is -0.353 e. The third kappa shape index (κ3) is 5.29. The summed E-state index contributed by atoms with van der Waals surface area (Å²) >= 11 is 0. The highest BCUT2D eigenvalue weighted by Gasteiger charge is 2.20. The van der Waals surface area contributed by atoms with Crippen LogP contribution in [0.5, 0.6) is 0 Å². The van der Waals surface area contributed by atoms with Crippen LogP contribution in [0, 0.1) is 19.3 Å². The van der Waals surface area contributed by atoms with Crippen molar-refractivity contribution in [3.8, 4) is 0 Å². The fourth-order valence-electron chi connectivity index (χ4n) is 4.37. The number of likely N-dealkylation sites (N-methyl/N-ethyl adjacent to an activating group) is 1. The second-order valence-electron chi connectivity index (χ2n) is 8.93. The zero-order valence-electron chi connectivity index (χ0n) is 20.1. The van der Waals surface area contributed by atoms with E-state index in [-0.39, 0.29) is 18.5 Å². The molecule has 1 unspecified atom stereocenters. The zero-order chi connectivity index (χ0) is 24.1. The number of carbonyl (C=O) groups is 1. The highest BCUT2D eigenvalue weighted by molar-refractivity contribution is 5.78. The summed E-state index contributed by atoms with van der Waals surface area (Å²) in [6.45, 7) is 5.50. The normalized spacial score (nSPS) is 12.1. The molecule has 0 spiro atoms. The summed E-state index contributed by atoms with van der Waals surface area (Å²) in [5, 5.41) is 15.1. The van der Waals surface area contributed by atoms with E-state index in [1.54, 1.807) is 7.05 Å². The number of hydrogen-bond donors (Lipinski definition) is 3. The molecule has 0 saturated heterocycles. The molecular formula is C28H33N5O. The maximum atomic E-state index is 12.3. The highest BCUT2D eigenvalue weighted by Crippen LogP contribution is 2.21. The standard InChI is InChI=1S/C28H33N5O/c1-20-8-12-22(13-9-20)16-24(17-31-27(34)18-30-3)33-26-7-5-4-6-25(26)32(28(33)29)19-23-14-10-21(2)11-15-23/h4-15,24,29-30H,16-19H2,1-3H3,(H,31,34). The molecule has 1 aromatic heterocycles. The number of imidazole rings is 1. The average molecular weight is 456 g/mol. The molecule has 34 heavy (non-hydrogen) atoms. The largest absolute Gasteiger partial charge is 0.353 e. The first-order valence-electron chi connectivity index (χ1n) is 11.7. The number of rotatable bonds is 9. The van der Waals surface area contributed by atoms with Crippen LogP contribution in [-0.2, 0) is 17.8 Å². The molecule has 1 amide bonds. The topological polar surface area (TPSA) is 74.8 Å². The number of benzene rings is 3. The van der Waals surface area contributed by atoms with Crippen molar-refractivity contribution in [1.82, 2.24) is 19.8 Å². The van der Waals surface area contributed by atoms with Crippen LogP contribution < -0.4 is 16.3 Å². The number of nitrogens with one attached hydrogen (secondary N) is 3. The quantitative estimate of drug-likeness (QED) is 0.360. The molecule has 0 saturated carbocycles. The fraction of sp³-hybridized carbons (Fsp3) is 0.286. The van der Waals surface area contributed by atoms with Gasteiger partial charge in [-0.1, -0.05) is 71.8 Å². The fourth-order valence-corrected chi connectivity index (χ4v) is 4.37. The minimum absolute atomic E-state index is 0.0491. The van der Waals surface area contributed by atoms with Gasteiger partial charge in [0.1, 0.15) is 0 Å². The summed E-state index contributed by atoms with van der Waals surface area (Å²) in [6, 6.07) is 25.0. The Morgan fingerprint density at radius 3 is 2.09 bits per heavy atom. The van der Waals surface area contributed by atoms with Gasteiger partial charge in [0, 0.05) is 6.54 Å². The predicted molar refractivity (Wildman–Crippen MR) is 137 cm³/mol. The lowest BCUT2D eigenvalue weighted by Gasteiger charge is -2.21. The van der Waals surface area contributed by atoms with Gasteiger partial charge in [0.05, 0.1) is 30.2 Å². The minimum atomic E-state index is -0.0971. The van der Waals surface area contributed by atoms with Gasteiger partial charge in [0.15, 0.2) is 0 Å². The van der Waals surface area contributed by atoms with Crippen LogP contribution in [0.3, 0.4) is 0 Å². The molecule has 0 bridgehead atoms. The molecule has 0 aliphatic heterocycles. The second-order valence-corrected chi connectivity index (χ2v) is 8.93. The van der Waals surface area contributed by atoms with Gasteiger partial charge in [-0.05, 0) is 50.6 Å². The SMILES string of the molecule is CNCC(=O)NCC(Cc1ccc(C)cc1)n1c(=N)n(Cc2ccc(C)cc2)c2ccccc21. The summed E-state index contributed by atoms with van der Waals surface area (Å²) in [5.41, 5.74) is 7.22. The van der Waals surface area contributed by atoms with Crippen molar-refractivity contribution < 1.29 is 4.79 Å². The van der Waals surface area contributed by atoms with E-state index >= 15 is 0 Å². The molecule has 176 valence electrons. The van der Waals surface area contributed by atoms with Gasteiger partial charge in [0.2, 0.25) is 11.5 Å². The summed E-state index contributed by atoms with van der Waals surface area (Å²) < 4.78 is 4.13. The van der Waals surface area contributed by atoms with Gasteiger partial charge in [-0.2, -0.15) is 0 Å². The molecule has 0 fully saturated rings. The van der Waals surface area contributed by atoms with Crippen LogP contribution in [0.25, 0.3) is 11.0 Å². The Labute approximate surface area is 200 Å². The first-order chi connectivity index (χ1) is 16.5. The van der Waals surface area contributed by atoms with Gasteiger partial charge in [0.25, 0.3) is 0 Å². The Bertz CT molecular complexity index is 1320. The first-order valence-corrected chi connectivity index (χ1v) is 11.7. The van der Waals surface area contributed by atoms with E-state index in [0.717, 1.165) is 23.0 Å². The molecule has 0 aliphatic rings. The van der Waals surface area contributed by atoms with Gasteiger partial charge in [-0.15, -0.1) is 0 Å². The smallest absolute Gasteiger partial charge is 0.234 e. The Hall–Kier alpha value is -3.64. The van der Waals surface area contributed by atoms with Gasteiger partial charge >= 0.3 is 0 Å². The second kappa shape index (κ2) is 10.5. The third-order valence-electron chi connectivity index (χ3n) is 6.21. The molecule has 0 aliphatic carbocycles. The molecule has 6 heteroatoms. The lowest BCUT2D eigenvalue weighted by molar-refractivity contribution is -0.120. The number of aryl methyl sites for hydroxylation is 2. The molecule has 1 atom stereocenters. The van der Waals surface area contributed by atoms with Crippen molar-refractivity contribution >= 4 is 16.9 Å². The van der Waals surface area contributed by atoms with Crippen molar-refractivity contribution in [3.63, 3.8) is 0 Å². The van der Waals surface area contributed by atoms with Crippen molar-refractivity contribution in [1.29, 1.82) is 5.41 Å². The van der Waals surface area contributed by atoms with E-state index in [4.69, 9.17) is 5.41 Å². The number of aromatic nitrogens is 2. The van der Waals surface area contributed by atoms with E-state index < -0.39 is 0 Å². The number of nitrogens with zero attached hydrogens (tertiary/aromatic N) is 2. The van der Waals surface area contributed by atoms with Crippen molar-refractivity contribution in [2.75, 3.05) is 20.1 Å². The predicted octanol–water partition coefficient (Wildman–Crippen LogP) is 3.71. The number of fused-ring (bicyclic) bond motifs is 1. The average Bonchev–Trinajstić information content (AvgIpc) is 3.11. The Kier molecular flexibility index (Phi) is 7.28. The molecule has 3 N–H and O–H groups in total. The molecule has 0 radical (unpaired) electrons. The van der Waals surface area contributed by atoms with Crippen molar-refractivity contribution in [2.45, 2.75) is 32.9 Å². The number of carbonyl (C=O) groups excluding carboxylic acids is 1. The van der Waals surface area contributed by atoms with Crippen LogP contribution in [0.15, 0.2) is 72.8 Å². The molecule has 4 rings (SSSR count). The monoisotopic (exact) mass is 455 g/mol. The molecular weight excluding hydrogens is 422 g/mol. The van der Waals surface area contributed by atoms with E-state index in [2.05, 4.69) is 94.3 Å². The third-order valence-corrected chi connectivity index (χ3v) is 6.21. The van der Waals surface area contributed by atoms with E-state index in [1.165, 1.54) is 16.7 Å². The van der Waals surface area contributed by atoms with Gasteiger partial charge in [-0.3, -0.25) is 10.2 Å². The number of para-hydroxylation sites is 2. The Balaban J connectivity index is 1.76. The van der Waals surface area contributed by atoms with E-state index in [0.29, 0.717) is 18.7 Å². The maximum Gasteiger partial charge on any atom is 0.234 e. The summed E-state index contributed by atoms with van der Waals surface area (Å²) in [7, 11) is 1.76. The Morgan fingerprint density at radius 1 is 0.882 bits per heavy atom. The van der Waals surface area contributed by atoms with Crippen LogP contribution >= 0.6 is 0 Å². The van der Waals surface area contributed by atoms with E-state index in [1.807, 2.05) is 12.1 Å². The maximum absolute atomic E-state index is 12.3. The molecule has 3 aromatic carbocycles. The number of hydrogen-bond acceptors (Lipinski definition) is 3. The summed E-state index contributed by atoms with van der Waals surface area (Å²) in [5.74, 6) is -0.0491. The molecule has 4 aromatic rings. The first kappa shape index (κ1) is 23.5. The van der Waals surface area contributed by atoms with E-state index in [9.17, 15) is 4.79 Å². The summed E-state index contributed by atoms with van der Waals surface area (Å²) in [6.07, 6.45) is 0.717.